The molecule has 1 N–H and O–H groups in total. The Hall–Kier alpha value is -0.830. The van der Waals surface area contributed by atoms with Gasteiger partial charge in [0.25, 0.3) is 0 Å². The molecule has 0 aliphatic heterocycles. The van der Waals surface area contributed by atoms with Crippen molar-refractivity contribution >= 4 is 0 Å². The Morgan fingerprint density at radius 1 is 1.43 bits per heavy atom. The van der Waals surface area contributed by atoms with Gasteiger partial charge in [-0.15, -0.1) is 0 Å². The lowest BCUT2D eigenvalue weighted by molar-refractivity contribution is 0.177. The normalized spacial score (nSPS) is 21.0. The van der Waals surface area contributed by atoms with Crippen LogP contribution in [-0.4, -0.2) is 14.7 Å². The molecular weight excluding hydrogens is 176 g/mol. The Morgan fingerprint density at radius 3 is 2.79 bits per heavy atom. The number of aliphatic hydroxyl groups excluding tert-OH is 1. The van der Waals surface area contributed by atoms with E-state index in [1.54, 1.807) is 13.1 Å². The molecule has 1 aliphatic carbocycles. The van der Waals surface area contributed by atoms with E-state index in [1.807, 2.05) is 6.20 Å². The molecule has 1 aromatic heterocycles. The molecule has 1 saturated carbocycles. The highest BCUT2D eigenvalue weighted by atomic mass is 16.3. The van der Waals surface area contributed by atoms with Crippen LogP contribution in [-0.2, 0) is 0 Å². The molecule has 1 aliphatic rings. The zero-order valence-corrected chi connectivity index (χ0v) is 8.69. The van der Waals surface area contributed by atoms with Crippen LogP contribution in [0.5, 0.6) is 0 Å². The minimum absolute atomic E-state index is 0.452. The average molecular weight is 194 g/mol. The summed E-state index contributed by atoms with van der Waals surface area (Å²) >= 11 is 0. The summed E-state index contributed by atoms with van der Waals surface area (Å²) in [6, 6.07) is 0.566. The highest BCUT2D eigenvalue weighted by Gasteiger charge is 2.19. The van der Waals surface area contributed by atoms with E-state index in [2.05, 4.69) is 9.55 Å². The van der Waals surface area contributed by atoms with Crippen molar-refractivity contribution in [2.75, 3.05) is 0 Å². The second-order valence-corrected chi connectivity index (χ2v) is 4.16. The van der Waals surface area contributed by atoms with Crippen LogP contribution in [0.15, 0.2) is 12.4 Å². The van der Waals surface area contributed by atoms with Crippen molar-refractivity contribution in [3.05, 3.63) is 18.2 Å². The maximum absolute atomic E-state index is 9.54. The van der Waals surface area contributed by atoms with Gasteiger partial charge in [-0.2, -0.15) is 0 Å². The van der Waals surface area contributed by atoms with Gasteiger partial charge in [0.05, 0.1) is 0 Å². The predicted molar refractivity (Wildman–Crippen MR) is 55.0 cm³/mol. The van der Waals surface area contributed by atoms with Crippen molar-refractivity contribution < 1.29 is 5.11 Å². The third kappa shape index (κ3) is 1.82. The molecule has 0 spiro atoms. The largest absolute Gasteiger partial charge is 0.385 e. The van der Waals surface area contributed by atoms with Crippen molar-refractivity contribution in [1.82, 2.24) is 9.55 Å². The molecule has 1 unspecified atom stereocenters. The standard InChI is InChI=1S/C11H18N2O/c1-9(14)11-12-7-8-13(11)10-5-3-2-4-6-10/h7-10,14H,2-6H2,1H3. The molecule has 78 valence electrons. The molecule has 3 nitrogen and oxygen atoms in total. The fourth-order valence-electron chi connectivity index (χ4n) is 2.32. The molecule has 2 rings (SSSR count). The molecule has 1 atom stereocenters. The average Bonchev–Trinajstić information content (AvgIpc) is 2.67. The predicted octanol–water partition coefficient (Wildman–Crippen LogP) is 2.44. The summed E-state index contributed by atoms with van der Waals surface area (Å²) in [7, 11) is 0. The van der Waals surface area contributed by atoms with Gasteiger partial charge in [-0.05, 0) is 19.8 Å². The maximum atomic E-state index is 9.54. The number of aromatic nitrogens is 2. The smallest absolute Gasteiger partial charge is 0.137 e. The molecule has 0 radical (unpaired) electrons. The number of nitrogens with zero attached hydrogens (tertiary/aromatic N) is 2. The van der Waals surface area contributed by atoms with Gasteiger partial charge < -0.3 is 9.67 Å². The lowest BCUT2D eigenvalue weighted by atomic mass is 9.95. The number of rotatable bonds is 2. The van der Waals surface area contributed by atoms with E-state index in [0.29, 0.717) is 6.04 Å². The zero-order valence-electron chi connectivity index (χ0n) is 8.69. The minimum atomic E-state index is -0.452. The molecule has 1 aromatic rings. The highest BCUT2D eigenvalue weighted by Crippen LogP contribution is 2.29. The summed E-state index contributed by atoms with van der Waals surface area (Å²) < 4.78 is 2.16. The monoisotopic (exact) mass is 194 g/mol. The van der Waals surface area contributed by atoms with Crippen LogP contribution in [0.2, 0.25) is 0 Å². The zero-order chi connectivity index (χ0) is 9.97. The summed E-state index contributed by atoms with van der Waals surface area (Å²) in [4.78, 5) is 4.20. The summed E-state index contributed by atoms with van der Waals surface area (Å²) in [5.41, 5.74) is 0. The fraction of sp³-hybridized carbons (Fsp3) is 0.727. The van der Waals surface area contributed by atoms with E-state index in [9.17, 15) is 5.11 Å². The van der Waals surface area contributed by atoms with Crippen LogP contribution in [0, 0.1) is 0 Å². The Labute approximate surface area is 84.8 Å². The van der Waals surface area contributed by atoms with Crippen molar-refractivity contribution in [3.63, 3.8) is 0 Å². The first-order valence-electron chi connectivity index (χ1n) is 5.50. The summed E-state index contributed by atoms with van der Waals surface area (Å²) in [6.07, 6.45) is 9.77. The van der Waals surface area contributed by atoms with Crippen molar-refractivity contribution in [1.29, 1.82) is 0 Å². The molecule has 3 heteroatoms. The number of imidazole rings is 1. The van der Waals surface area contributed by atoms with Gasteiger partial charge in [0, 0.05) is 18.4 Å². The van der Waals surface area contributed by atoms with Gasteiger partial charge in [-0.3, -0.25) is 0 Å². The topological polar surface area (TPSA) is 38.1 Å². The van der Waals surface area contributed by atoms with Crippen molar-refractivity contribution in [3.8, 4) is 0 Å². The van der Waals surface area contributed by atoms with Crippen LogP contribution in [0.3, 0.4) is 0 Å². The van der Waals surface area contributed by atoms with Gasteiger partial charge in [0.15, 0.2) is 0 Å². The van der Waals surface area contributed by atoms with E-state index in [0.717, 1.165) is 5.82 Å². The number of aliphatic hydroxyl groups is 1. The quantitative estimate of drug-likeness (QED) is 0.785. The van der Waals surface area contributed by atoms with E-state index in [4.69, 9.17) is 0 Å². The first kappa shape index (κ1) is 9.71. The second-order valence-electron chi connectivity index (χ2n) is 4.16. The summed E-state index contributed by atoms with van der Waals surface area (Å²) in [6.45, 7) is 1.78. The molecule has 1 fully saturated rings. The summed E-state index contributed by atoms with van der Waals surface area (Å²) in [5, 5.41) is 9.54. The van der Waals surface area contributed by atoms with E-state index < -0.39 is 6.10 Å². The molecule has 14 heavy (non-hydrogen) atoms. The highest BCUT2D eigenvalue weighted by molar-refractivity contribution is 4.98. The Kier molecular flexibility index (Phi) is 2.87. The summed E-state index contributed by atoms with van der Waals surface area (Å²) in [5.74, 6) is 0.817. The van der Waals surface area contributed by atoms with Gasteiger partial charge in [0.1, 0.15) is 11.9 Å². The Bertz CT molecular complexity index is 287. The number of hydrogen-bond donors (Lipinski definition) is 1. The molecule has 1 heterocycles. The lowest BCUT2D eigenvalue weighted by Gasteiger charge is -2.25. The van der Waals surface area contributed by atoms with Crippen LogP contribution < -0.4 is 0 Å². The van der Waals surface area contributed by atoms with Crippen molar-refractivity contribution in [2.45, 2.75) is 51.2 Å². The molecule has 0 saturated heterocycles. The molecule has 0 aromatic carbocycles. The van der Waals surface area contributed by atoms with Crippen LogP contribution in [0.25, 0.3) is 0 Å². The van der Waals surface area contributed by atoms with Gasteiger partial charge in [-0.25, -0.2) is 4.98 Å². The van der Waals surface area contributed by atoms with Crippen LogP contribution in [0.4, 0.5) is 0 Å². The molecular formula is C11H18N2O. The fourth-order valence-corrected chi connectivity index (χ4v) is 2.32. The number of hydrogen-bond acceptors (Lipinski definition) is 2. The Balaban J connectivity index is 2.17. The maximum Gasteiger partial charge on any atom is 0.137 e. The lowest BCUT2D eigenvalue weighted by Crippen LogP contribution is -2.16. The first-order chi connectivity index (χ1) is 6.79. The van der Waals surface area contributed by atoms with E-state index in [1.165, 1.54) is 32.1 Å². The Morgan fingerprint density at radius 2 is 2.14 bits per heavy atom. The third-order valence-corrected chi connectivity index (χ3v) is 3.04. The SMILES string of the molecule is CC(O)c1nccn1C1CCCCC1. The minimum Gasteiger partial charge on any atom is -0.385 e. The van der Waals surface area contributed by atoms with Gasteiger partial charge in [0.2, 0.25) is 0 Å². The van der Waals surface area contributed by atoms with Crippen molar-refractivity contribution in [2.24, 2.45) is 0 Å². The third-order valence-electron chi connectivity index (χ3n) is 3.04. The van der Waals surface area contributed by atoms with Crippen LogP contribution >= 0.6 is 0 Å². The van der Waals surface area contributed by atoms with E-state index >= 15 is 0 Å². The van der Waals surface area contributed by atoms with Gasteiger partial charge in [-0.1, -0.05) is 19.3 Å². The second kappa shape index (κ2) is 4.13. The van der Waals surface area contributed by atoms with Gasteiger partial charge >= 0.3 is 0 Å². The first-order valence-corrected chi connectivity index (χ1v) is 5.50. The van der Waals surface area contributed by atoms with E-state index in [-0.39, 0.29) is 0 Å². The molecule has 0 amide bonds. The van der Waals surface area contributed by atoms with Crippen LogP contribution in [0.1, 0.15) is 57.0 Å². The molecule has 0 bridgehead atoms.